The van der Waals surface area contributed by atoms with Gasteiger partial charge < -0.3 is 11.3 Å². The van der Waals surface area contributed by atoms with Gasteiger partial charge in [0.1, 0.15) is 0 Å². The van der Waals surface area contributed by atoms with Gasteiger partial charge >= 0.3 is 23.1 Å². The predicted octanol–water partition coefficient (Wildman–Crippen LogP) is 1.10. The van der Waals surface area contributed by atoms with E-state index in [1.165, 1.54) is 12.1 Å². The molecule has 0 fully saturated rings. The number of hydrogen-bond acceptors (Lipinski definition) is 1. The van der Waals surface area contributed by atoms with E-state index >= 15 is 0 Å². The molecular weight excluding hydrogens is 126 g/mol. The molecule has 0 radical (unpaired) electrons. The fourth-order valence-electron chi connectivity index (χ4n) is 0.420. The van der Waals surface area contributed by atoms with Crippen molar-refractivity contribution < 1.29 is 5.11 Å². The molecule has 2 N–H and O–H groups in total. The van der Waals surface area contributed by atoms with Gasteiger partial charge in [-0.2, -0.15) is 0 Å². The Morgan fingerprint density at radius 1 is 1.00 bits per heavy atom. The minimum atomic E-state index is 0. The SMILES string of the molecule is [Mg+2].[NH2-].[O-]c1ccccc1. The second kappa shape index (κ2) is 5.88. The van der Waals surface area contributed by atoms with Gasteiger partial charge in [0, 0.05) is 0 Å². The molecule has 1 aromatic rings. The molecule has 0 spiro atoms. The number of nitrogens with two attached hydrogens (primary N) is 1. The average Bonchev–Trinajstić information content (AvgIpc) is 1.69. The number of benzene rings is 1. The van der Waals surface area contributed by atoms with Crippen LogP contribution in [0, 0.1) is 0 Å². The maximum absolute atomic E-state index is 10.3. The number of hydrogen-bond donors (Lipinski definition) is 0. The van der Waals surface area contributed by atoms with Crippen molar-refractivity contribution in [3.63, 3.8) is 0 Å². The molecule has 0 atom stereocenters. The summed E-state index contributed by atoms with van der Waals surface area (Å²) in [5.41, 5.74) is 0. The second-order valence-electron chi connectivity index (χ2n) is 1.31. The summed E-state index contributed by atoms with van der Waals surface area (Å²) in [5.74, 6) is 0.0718. The van der Waals surface area contributed by atoms with E-state index in [2.05, 4.69) is 0 Å². The molecule has 1 aromatic carbocycles. The zero-order chi connectivity index (χ0) is 5.11. The first-order valence-corrected chi connectivity index (χ1v) is 2.11. The molecule has 0 aliphatic heterocycles. The topological polar surface area (TPSA) is 56.6 Å². The average molecular weight is 133 g/mol. The Hall–Kier alpha value is -0.254. The van der Waals surface area contributed by atoms with Crippen molar-refractivity contribution in [3.05, 3.63) is 36.5 Å². The van der Waals surface area contributed by atoms with Crippen LogP contribution >= 0.6 is 0 Å². The van der Waals surface area contributed by atoms with Crippen molar-refractivity contribution in [1.82, 2.24) is 0 Å². The zero-order valence-electron chi connectivity index (χ0n) is 5.08. The maximum Gasteiger partial charge on any atom is 2.00 e. The van der Waals surface area contributed by atoms with Gasteiger partial charge in [0.15, 0.2) is 0 Å². The maximum atomic E-state index is 10.3. The second-order valence-corrected chi connectivity index (χ2v) is 1.31. The normalized spacial score (nSPS) is 6.67. The third-order valence-electron chi connectivity index (χ3n) is 0.743. The van der Waals surface area contributed by atoms with Gasteiger partial charge in [-0.1, -0.05) is 30.3 Å². The molecule has 2 nitrogen and oxygen atoms in total. The summed E-state index contributed by atoms with van der Waals surface area (Å²) in [7, 11) is 0. The van der Waals surface area contributed by atoms with Crippen molar-refractivity contribution in [1.29, 1.82) is 0 Å². The van der Waals surface area contributed by atoms with Gasteiger partial charge in [0.2, 0.25) is 0 Å². The number of rotatable bonds is 0. The summed E-state index contributed by atoms with van der Waals surface area (Å²) in [6.07, 6.45) is 0. The van der Waals surface area contributed by atoms with E-state index in [0.29, 0.717) is 0 Å². The molecule has 0 aromatic heterocycles. The van der Waals surface area contributed by atoms with Crippen molar-refractivity contribution in [2.24, 2.45) is 0 Å². The van der Waals surface area contributed by atoms with Gasteiger partial charge in [-0.15, -0.1) is 5.75 Å². The van der Waals surface area contributed by atoms with Crippen LogP contribution < -0.4 is 5.11 Å². The van der Waals surface area contributed by atoms with Crippen molar-refractivity contribution in [2.45, 2.75) is 0 Å². The fraction of sp³-hybridized carbons (Fsp3) is 0. The Morgan fingerprint density at radius 3 is 1.67 bits per heavy atom. The van der Waals surface area contributed by atoms with E-state index < -0.39 is 0 Å². The number of para-hydroxylation sites is 1. The van der Waals surface area contributed by atoms with Gasteiger partial charge in [-0.3, -0.25) is 0 Å². The largest absolute Gasteiger partial charge is 2.00 e. The molecule has 0 aliphatic rings. The van der Waals surface area contributed by atoms with Crippen LogP contribution in [0.3, 0.4) is 0 Å². The molecular formula is C6H7MgNO. The smallest absolute Gasteiger partial charge is 0.872 e. The van der Waals surface area contributed by atoms with Crippen LogP contribution in [0.4, 0.5) is 0 Å². The minimum absolute atomic E-state index is 0. The molecule has 9 heavy (non-hydrogen) atoms. The van der Waals surface area contributed by atoms with Gasteiger partial charge in [0.05, 0.1) is 0 Å². The van der Waals surface area contributed by atoms with E-state index in [4.69, 9.17) is 0 Å². The van der Waals surface area contributed by atoms with Crippen molar-refractivity contribution in [3.8, 4) is 5.75 Å². The molecule has 0 unspecified atom stereocenters. The zero-order valence-corrected chi connectivity index (χ0v) is 6.49. The summed E-state index contributed by atoms with van der Waals surface area (Å²) in [6.45, 7) is 0. The molecule has 44 valence electrons. The molecule has 1 rings (SSSR count). The van der Waals surface area contributed by atoms with Crippen LogP contribution in [-0.2, 0) is 0 Å². The summed E-state index contributed by atoms with van der Waals surface area (Å²) in [4.78, 5) is 0. The van der Waals surface area contributed by atoms with E-state index in [1.54, 1.807) is 12.1 Å². The van der Waals surface area contributed by atoms with Crippen molar-refractivity contribution >= 4 is 23.1 Å². The van der Waals surface area contributed by atoms with Crippen molar-refractivity contribution in [2.75, 3.05) is 0 Å². The minimum Gasteiger partial charge on any atom is -0.872 e. The predicted molar refractivity (Wildman–Crippen MR) is 36.9 cm³/mol. The standard InChI is InChI=1S/C6H6O.Mg.H2N/c7-6-4-2-1-3-5-6;;/h1-5,7H;;1H2/q;+2;-1/p-1. The third kappa shape index (κ3) is 4.26. The Labute approximate surface area is 70.6 Å². The van der Waals surface area contributed by atoms with Crippen LogP contribution in [0.25, 0.3) is 6.15 Å². The molecule has 0 saturated heterocycles. The summed E-state index contributed by atoms with van der Waals surface area (Å²) >= 11 is 0. The van der Waals surface area contributed by atoms with E-state index in [0.717, 1.165) is 0 Å². The summed E-state index contributed by atoms with van der Waals surface area (Å²) < 4.78 is 0. The van der Waals surface area contributed by atoms with Gasteiger partial charge in [-0.25, -0.2) is 0 Å². The molecule has 0 heterocycles. The molecule has 0 aliphatic carbocycles. The Morgan fingerprint density at radius 2 is 1.44 bits per heavy atom. The van der Waals surface area contributed by atoms with Gasteiger partial charge in [-0.05, 0) is 0 Å². The quantitative estimate of drug-likeness (QED) is 0.489. The van der Waals surface area contributed by atoms with E-state index in [-0.39, 0.29) is 35.0 Å². The van der Waals surface area contributed by atoms with Crippen LogP contribution in [-0.4, -0.2) is 23.1 Å². The van der Waals surface area contributed by atoms with Gasteiger partial charge in [0.25, 0.3) is 0 Å². The van der Waals surface area contributed by atoms with Crippen LogP contribution in [0.15, 0.2) is 30.3 Å². The Kier molecular flexibility index (Phi) is 7.53. The fourth-order valence-corrected chi connectivity index (χ4v) is 0.420. The van der Waals surface area contributed by atoms with E-state index in [9.17, 15) is 5.11 Å². The third-order valence-corrected chi connectivity index (χ3v) is 0.743. The monoisotopic (exact) mass is 133 g/mol. The molecule has 3 heteroatoms. The Balaban J connectivity index is 0. The molecule has 0 bridgehead atoms. The molecule has 0 saturated carbocycles. The Bertz CT molecular complexity index is 143. The van der Waals surface area contributed by atoms with Crippen LogP contribution in [0.2, 0.25) is 0 Å². The van der Waals surface area contributed by atoms with Crippen LogP contribution in [0.1, 0.15) is 0 Å². The summed E-state index contributed by atoms with van der Waals surface area (Å²) in [5, 5.41) is 10.3. The molecule has 0 amide bonds. The first-order valence-electron chi connectivity index (χ1n) is 2.11. The first kappa shape index (κ1) is 11.5. The summed E-state index contributed by atoms with van der Waals surface area (Å²) in [6, 6.07) is 8.33. The van der Waals surface area contributed by atoms with E-state index in [1.807, 2.05) is 6.07 Å². The first-order chi connectivity index (χ1) is 3.39. The van der Waals surface area contributed by atoms with Crippen LogP contribution in [0.5, 0.6) is 5.75 Å².